The van der Waals surface area contributed by atoms with Gasteiger partial charge in [-0.3, -0.25) is 0 Å². The van der Waals surface area contributed by atoms with E-state index in [-0.39, 0.29) is 18.4 Å². The van der Waals surface area contributed by atoms with Gasteiger partial charge in [0.25, 0.3) is 0 Å². The Kier molecular flexibility index (Phi) is 2.80. The minimum atomic E-state index is -1.25. The molecule has 1 aromatic rings. The van der Waals surface area contributed by atoms with Crippen molar-refractivity contribution in [1.29, 1.82) is 5.26 Å². The largest absolute Gasteiger partial charge is 0.505 e. The maximum absolute atomic E-state index is 12.7. The summed E-state index contributed by atoms with van der Waals surface area (Å²) in [7, 11) is 0. The van der Waals surface area contributed by atoms with Crippen LogP contribution in [0.1, 0.15) is 12.0 Å². The maximum atomic E-state index is 12.7. The zero-order valence-electron chi connectivity index (χ0n) is 6.72. The van der Waals surface area contributed by atoms with Gasteiger partial charge in [-0.2, -0.15) is 9.65 Å². The molecule has 2 nitrogen and oxygen atoms in total. The summed E-state index contributed by atoms with van der Waals surface area (Å²) in [5.41, 5.74) is 0.250. The van der Waals surface area contributed by atoms with E-state index in [1.165, 1.54) is 6.07 Å². The standard InChI is InChI=1S/C9H7F2NO/c10-7-4-3-6(2-1-5-12)9(13)8(7)11/h3-4,13H,1-2H2. The first-order valence-corrected chi connectivity index (χ1v) is 3.69. The lowest BCUT2D eigenvalue weighted by Gasteiger charge is -2.02. The van der Waals surface area contributed by atoms with Gasteiger partial charge >= 0.3 is 0 Å². The first kappa shape index (κ1) is 9.46. The quantitative estimate of drug-likeness (QED) is 0.763. The highest BCUT2D eigenvalue weighted by atomic mass is 19.2. The van der Waals surface area contributed by atoms with E-state index in [4.69, 9.17) is 10.4 Å². The van der Waals surface area contributed by atoms with Gasteiger partial charge in [0, 0.05) is 6.42 Å². The Bertz CT molecular complexity index is 357. The van der Waals surface area contributed by atoms with E-state index in [1.807, 2.05) is 6.07 Å². The summed E-state index contributed by atoms with van der Waals surface area (Å²) in [6, 6.07) is 4.05. The molecular weight excluding hydrogens is 176 g/mol. The minimum Gasteiger partial charge on any atom is -0.505 e. The number of hydrogen-bond acceptors (Lipinski definition) is 2. The molecule has 0 aliphatic rings. The van der Waals surface area contributed by atoms with Gasteiger partial charge in [0.1, 0.15) is 0 Å². The number of aryl methyl sites for hydroxylation is 1. The Morgan fingerprint density at radius 3 is 2.69 bits per heavy atom. The summed E-state index contributed by atoms with van der Waals surface area (Å²) >= 11 is 0. The number of phenolic OH excluding ortho intramolecular Hbond substituents is 1. The molecular formula is C9H7F2NO. The highest BCUT2D eigenvalue weighted by Gasteiger charge is 2.11. The summed E-state index contributed by atoms with van der Waals surface area (Å²) in [6.45, 7) is 0. The molecule has 0 aliphatic heterocycles. The molecule has 0 saturated heterocycles. The molecule has 0 aliphatic carbocycles. The van der Waals surface area contributed by atoms with Crippen LogP contribution in [0.15, 0.2) is 12.1 Å². The van der Waals surface area contributed by atoms with Gasteiger partial charge in [-0.1, -0.05) is 6.07 Å². The van der Waals surface area contributed by atoms with Gasteiger partial charge in [0.2, 0.25) is 5.82 Å². The van der Waals surface area contributed by atoms with E-state index >= 15 is 0 Å². The molecule has 0 unspecified atom stereocenters. The molecule has 1 N–H and O–H groups in total. The highest BCUT2D eigenvalue weighted by Crippen LogP contribution is 2.24. The maximum Gasteiger partial charge on any atom is 0.200 e. The van der Waals surface area contributed by atoms with Crippen molar-refractivity contribution in [3.05, 3.63) is 29.3 Å². The smallest absolute Gasteiger partial charge is 0.200 e. The van der Waals surface area contributed by atoms with Crippen molar-refractivity contribution in [2.75, 3.05) is 0 Å². The van der Waals surface area contributed by atoms with Crippen LogP contribution in [0.4, 0.5) is 8.78 Å². The Morgan fingerprint density at radius 2 is 2.08 bits per heavy atom. The van der Waals surface area contributed by atoms with Crippen LogP contribution in [0.5, 0.6) is 5.75 Å². The molecule has 68 valence electrons. The van der Waals surface area contributed by atoms with Crippen molar-refractivity contribution in [2.24, 2.45) is 0 Å². The summed E-state index contributed by atoms with van der Waals surface area (Å²) in [5.74, 6) is -3.04. The summed E-state index contributed by atoms with van der Waals surface area (Å²) in [5, 5.41) is 17.3. The Labute approximate surface area is 74.0 Å². The fraction of sp³-hybridized carbons (Fsp3) is 0.222. The normalized spacial score (nSPS) is 9.62. The van der Waals surface area contributed by atoms with E-state index in [0.29, 0.717) is 0 Å². The van der Waals surface area contributed by atoms with Crippen LogP contribution in [0.2, 0.25) is 0 Å². The second kappa shape index (κ2) is 3.85. The monoisotopic (exact) mass is 183 g/mol. The van der Waals surface area contributed by atoms with Crippen LogP contribution in [-0.4, -0.2) is 5.11 Å². The molecule has 1 rings (SSSR count). The summed E-state index contributed by atoms with van der Waals surface area (Å²) in [4.78, 5) is 0. The molecule has 0 radical (unpaired) electrons. The number of aromatic hydroxyl groups is 1. The Balaban J connectivity index is 2.98. The van der Waals surface area contributed by atoms with E-state index in [0.717, 1.165) is 6.07 Å². The number of phenols is 1. The predicted octanol–water partition coefficient (Wildman–Crippen LogP) is 2.13. The zero-order valence-corrected chi connectivity index (χ0v) is 6.72. The molecule has 0 saturated carbocycles. The average Bonchev–Trinajstić information content (AvgIpc) is 2.13. The van der Waals surface area contributed by atoms with Crippen molar-refractivity contribution in [3.8, 4) is 11.8 Å². The number of nitriles is 1. The third-order valence-electron chi connectivity index (χ3n) is 1.66. The van der Waals surface area contributed by atoms with E-state index < -0.39 is 17.4 Å². The average molecular weight is 183 g/mol. The number of rotatable bonds is 2. The SMILES string of the molecule is N#CCCc1ccc(F)c(F)c1O. The van der Waals surface area contributed by atoms with Crippen LogP contribution in [0, 0.1) is 23.0 Å². The number of halogens is 2. The van der Waals surface area contributed by atoms with Crippen molar-refractivity contribution in [2.45, 2.75) is 12.8 Å². The van der Waals surface area contributed by atoms with Crippen molar-refractivity contribution >= 4 is 0 Å². The molecule has 4 heteroatoms. The summed E-state index contributed by atoms with van der Waals surface area (Å²) < 4.78 is 25.2. The van der Waals surface area contributed by atoms with Gasteiger partial charge in [0.15, 0.2) is 11.6 Å². The van der Waals surface area contributed by atoms with Gasteiger partial charge < -0.3 is 5.11 Å². The van der Waals surface area contributed by atoms with E-state index in [9.17, 15) is 8.78 Å². The lowest BCUT2D eigenvalue weighted by atomic mass is 10.1. The molecule has 1 aromatic carbocycles. The molecule has 0 atom stereocenters. The molecule has 0 spiro atoms. The fourth-order valence-corrected chi connectivity index (χ4v) is 0.972. The van der Waals surface area contributed by atoms with Gasteiger partial charge in [-0.05, 0) is 18.1 Å². The lowest BCUT2D eigenvalue weighted by Crippen LogP contribution is -1.91. The molecule has 0 fully saturated rings. The molecule has 0 bridgehead atoms. The third-order valence-corrected chi connectivity index (χ3v) is 1.66. The first-order chi connectivity index (χ1) is 6.16. The van der Waals surface area contributed by atoms with Crippen LogP contribution in [-0.2, 0) is 6.42 Å². The Morgan fingerprint density at radius 1 is 1.38 bits per heavy atom. The number of hydrogen-bond donors (Lipinski definition) is 1. The van der Waals surface area contributed by atoms with Gasteiger partial charge in [0.05, 0.1) is 6.07 Å². The lowest BCUT2D eigenvalue weighted by molar-refractivity contribution is 0.401. The van der Waals surface area contributed by atoms with Gasteiger partial charge in [-0.25, -0.2) is 4.39 Å². The van der Waals surface area contributed by atoms with Crippen molar-refractivity contribution in [3.63, 3.8) is 0 Å². The van der Waals surface area contributed by atoms with E-state index in [2.05, 4.69) is 0 Å². The second-order valence-corrected chi connectivity index (χ2v) is 2.53. The van der Waals surface area contributed by atoms with Gasteiger partial charge in [-0.15, -0.1) is 0 Å². The minimum absolute atomic E-state index is 0.165. The van der Waals surface area contributed by atoms with Crippen LogP contribution in [0.25, 0.3) is 0 Å². The zero-order chi connectivity index (χ0) is 9.84. The highest BCUT2D eigenvalue weighted by molar-refractivity contribution is 5.34. The summed E-state index contributed by atoms with van der Waals surface area (Å²) in [6.07, 6.45) is 0.387. The third kappa shape index (κ3) is 1.94. The molecule has 13 heavy (non-hydrogen) atoms. The molecule has 0 heterocycles. The second-order valence-electron chi connectivity index (χ2n) is 2.53. The van der Waals surface area contributed by atoms with Crippen molar-refractivity contribution < 1.29 is 13.9 Å². The first-order valence-electron chi connectivity index (χ1n) is 3.69. The van der Waals surface area contributed by atoms with E-state index in [1.54, 1.807) is 0 Å². The predicted molar refractivity (Wildman–Crippen MR) is 42.0 cm³/mol. The number of benzene rings is 1. The number of nitrogens with zero attached hydrogens (tertiary/aromatic N) is 1. The van der Waals surface area contributed by atoms with Crippen LogP contribution >= 0.6 is 0 Å². The van der Waals surface area contributed by atoms with Crippen LogP contribution < -0.4 is 0 Å². The van der Waals surface area contributed by atoms with Crippen LogP contribution in [0.3, 0.4) is 0 Å². The molecule has 0 amide bonds. The topological polar surface area (TPSA) is 44.0 Å². The molecule has 0 aromatic heterocycles. The Hall–Kier alpha value is -1.63. The fourth-order valence-electron chi connectivity index (χ4n) is 0.972. The van der Waals surface area contributed by atoms with Crippen molar-refractivity contribution in [1.82, 2.24) is 0 Å².